The zero-order valence-corrected chi connectivity index (χ0v) is 12.2. The van der Waals surface area contributed by atoms with Crippen LogP contribution in [-0.4, -0.2) is 39.2 Å². The fourth-order valence-electron chi connectivity index (χ4n) is 2.64. The quantitative estimate of drug-likeness (QED) is 0.727. The molecule has 0 N–H and O–H groups in total. The topological polar surface area (TPSA) is 64.6 Å². The number of hydrogen-bond acceptors (Lipinski definition) is 5. The Morgan fingerprint density at radius 2 is 2.25 bits per heavy atom. The lowest BCUT2D eigenvalue weighted by atomic mass is 10.0. The summed E-state index contributed by atoms with van der Waals surface area (Å²) >= 11 is 0. The van der Waals surface area contributed by atoms with Gasteiger partial charge in [-0.05, 0) is 27.7 Å². The Labute approximate surface area is 118 Å². The van der Waals surface area contributed by atoms with Gasteiger partial charge in [0.05, 0.1) is 18.2 Å². The highest BCUT2D eigenvalue weighted by molar-refractivity contribution is 5.70. The normalized spacial score (nSPS) is 24.1. The first-order valence-corrected chi connectivity index (χ1v) is 6.83. The number of carbonyl (C=O) groups excluding carboxylic acids is 1. The van der Waals surface area contributed by atoms with E-state index < -0.39 is 5.60 Å². The molecule has 0 radical (unpaired) electrons. The SMILES string of the molecule is Cc1ncc2c(n1)O[C@H]1C[C@@H]2N(C(=O)OC(C)(C)C)C1. The summed E-state index contributed by atoms with van der Waals surface area (Å²) in [6.07, 6.45) is 2.22. The van der Waals surface area contributed by atoms with Crippen LogP contribution in [0.1, 0.15) is 44.6 Å². The highest BCUT2D eigenvalue weighted by atomic mass is 16.6. The number of hydrogen-bond donors (Lipinski definition) is 0. The van der Waals surface area contributed by atoms with Gasteiger partial charge in [-0.2, -0.15) is 4.98 Å². The van der Waals surface area contributed by atoms with Gasteiger partial charge in [-0.3, -0.25) is 4.90 Å². The maximum absolute atomic E-state index is 12.3. The van der Waals surface area contributed by atoms with Gasteiger partial charge in [-0.25, -0.2) is 9.78 Å². The Balaban J connectivity index is 1.87. The van der Waals surface area contributed by atoms with Crippen molar-refractivity contribution in [3.05, 3.63) is 17.6 Å². The monoisotopic (exact) mass is 277 g/mol. The molecule has 0 unspecified atom stereocenters. The molecule has 1 amide bonds. The van der Waals surface area contributed by atoms with E-state index in [1.54, 1.807) is 11.1 Å². The first kappa shape index (κ1) is 13.1. The third-order valence-corrected chi connectivity index (χ3v) is 3.43. The Morgan fingerprint density at radius 3 is 2.95 bits per heavy atom. The molecule has 6 nitrogen and oxygen atoms in total. The van der Waals surface area contributed by atoms with Crippen LogP contribution in [0.3, 0.4) is 0 Å². The summed E-state index contributed by atoms with van der Waals surface area (Å²) in [5, 5.41) is 0. The van der Waals surface area contributed by atoms with Gasteiger partial charge in [0.2, 0.25) is 5.88 Å². The Hall–Kier alpha value is -1.85. The molecular weight excluding hydrogens is 258 g/mol. The summed E-state index contributed by atoms with van der Waals surface area (Å²) in [6.45, 7) is 7.96. The van der Waals surface area contributed by atoms with Crippen LogP contribution in [0, 0.1) is 6.92 Å². The predicted octanol–water partition coefficient (Wildman–Crippen LogP) is 2.23. The van der Waals surface area contributed by atoms with E-state index in [2.05, 4.69) is 9.97 Å². The summed E-state index contributed by atoms with van der Waals surface area (Å²) in [6, 6.07) is -0.0424. The standard InChI is InChI=1S/C14H19N3O3/c1-8-15-6-10-11-5-9(19-12(10)16-8)7-17(11)13(18)20-14(2,3)4/h6,9,11H,5,7H2,1-4H3/t9-,11-/m0/s1. The van der Waals surface area contributed by atoms with Crippen LogP contribution in [0.4, 0.5) is 4.79 Å². The van der Waals surface area contributed by atoms with Crippen LogP contribution in [0.15, 0.2) is 6.20 Å². The van der Waals surface area contributed by atoms with Crippen LogP contribution in [-0.2, 0) is 4.74 Å². The lowest BCUT2D eigenvalue weighted by Gasteiger charge is -2.28. The molecule has 2 aliphatic rings. The van der Waals surface area contributed by atoms with Crippen molar-refractivity contribution < 1.29 is 14.3 Å². The van der Waals surface area contributed by atoms with Crippen molar-refractivity contribution in [2.24, 2.45) is 0 Å². The van der Waals surface area contributed by atoms with Crippen molar-refractivity contribution >= 4 is 6.09 Å². The summed E-state index contributed by atoms with van der Waals surface area (Å²) in [4.78, 5) is 22.5. The number of rotatable bonds is 0. The molecule has 1 aromatic rings. The van der Waals surface area contributed by atoms with Crippen molar-refractivity contribution in [1.82, 2.24) is 14.9 Å². The fraction of sp³-hybridized carbons (Fsp3) is 0.643. The summed E-state index contributed by atoms with van der Waals surface area (Å²) in [5.41, 5.74) is 0.372. The van der Waals surface area contributed by atoms with Gasteiger partial charge < -0.3 is 9.47 Å². The first-order chi connectivity index (χ1) is 9.33. The van der Waals surface area contributed by atoms with Crippen molar-refractivity contribution in [3.8, 4) is 5.88 Å². The Morgan fingerprint density at radius 1 is 1.50 bits per heavy atom. The van der Waals surface area contributed by atoms with Crippen LogP contribution >= 0.6 is 0 Å². The molecular formula is C14H19N3O3. The van der Waals surface area contributed by atoms with Gasteiger partial charge >= 0.3 is 6.09 Å². The van der Waals surface area contributed by atoms with E-state index in [0.29, 0.717) is 18.2 Å². The van der Waals surface area contributed by atoms with Gasteiger partial charge in [0.25, 0.3) is 0 Å². The number of nitrogens with zero attached hydrogens (tertiary/aromatic N) is 3. The summed E-state index contributed by atoms with van der Waals surface area (Å²) in [7, 11) is 0. The van der Waals surface area contributed by atoms with E-state index in [0.717, 1.165) is 12.0 Å². The van der Waals surface area contributed by atoms with Crippen molar-refractivity contribution in [2.75, 3.05) is 6.54 Å². The van der Waals surface area contributed by atoms with Gasteiger partial charge in [-0.1, -0.05) is 0 Å². The third-order valence-electron chi connectivity index (χ3n) is 3.43. The zero-order valence-electron chi connectivity index (χ0n) is 12.2. The molecule has 0 aromatic carbocycles. The van der Waals surface area contributed by atoms with E-state index in [9.17, 15) is 4.79 Å². The van der Waals surface area contributed by atoms with Crippen LogP contribution < -0.4 is 4.74 Å². The van der Waals surface area contributed by atoms with Gasteiger partial charge in [-0.15, -0.1) is 0 Å². The second-order valence-electron chi connectivity index (χ2n) is 6.30. The van der Waals surface area contributed by atoms with Crippen molar-refractivity contribution in [1.29, 1.82) is 0 Å². The molecule has 3 rings (SSSR count). The average molecular weight is 277 g/mol. The minimum Gasteiger partial charge on any atom is -0.472 e. The smallest absolute Gasteiger partial charge is 0.410 e. The number of amides is 1. The first-order valence-electron chi connectivity index (χ1n) is 6.83. The maximum atomic E-state index is 12.3. The largest absolute Gasteiger partial charge is 0.472 e. The predicted molar refractivity (Wildman–Crippen MR) is 71.5 cm³/mol. The van der Waals surface area contributed by atoms with E-state index in [1.807, 2.05) is 27.7 Å². The molecule has 1 saturated heterocycles. The molecule has 108 valence electrons. The van der Waals surface area contributed by atoms with Crippen molar-refractivity contribution in [3.63, 3.8) is 0 Å². The van der Waals surface area contributed by atoms with Gasteiger partial charge in [0.1, 0.15) is 17.5 Å². The Bertz CT molecular complexity index is 553. The van der Waals surface area contributed by atoms with Crippen LogP contribution in [0.5, 0.6) is 5.88 Å². The number of aryl methyl sites for hydroxylation is 1. The molecule has 2 bridgehead atoms. The van der Waals surface area contributed by atoms with E-state index in [1.165, 1.54) is 0 Å². The molecule has 1 aromatic heterocycles. The molecule has 2 aliphatic heterocycles. The van der Waals surface area contributed by atoms with Gasteiger partial charge in [0.15, 0.2) is 0 Å². The molecule has 0 spiro atoms. The molecule has 3 heterocycles. The number of aromatic nitrogens is 2. The second kappa shape index (κ2) is 4.33. The number of ether oxygens (including phenoxy) is 2. The summed E-state index contributed by atoms with van der Waals surface area (Å²) < 4.78 is 11.3. The van der Waals surface area contributed by atoms with Gasteiger partial charge in [0, 0.05) is 12.6 Å². The molecule has 1 fully saturated rings. The zero-order chi connectivity index (χ0) is 14.5. The lowest BCUT2D eigenvalue weighted by Crippen LogP contribution is -2.36. The van der Waals surface area contributed by atoms with Crippen LogP contribution in [0.2, 0.25) is 0 Å². The fourth-order valence-corrected chi connectivity index (χ4v) is 2.64. The summed E-state index contributed by atoms with van der Waals surface area (Å²) in [5.74, 6) is 1.28. The highest BCUT2D eigenvalue weighted by Gasteiger charge is 2.44. The van der Waals surface area contributed by atoms with Crippen molar-refractivity contribution in [2.45, 2.75) is 51.9 Å². The minimum atomic E-state index is -0.499. The van der Waals surface area contributed by atoms with Crippen LogP contribution in [0.25, 0.3) is 0 Å². The third kappa shape index (κ3) is 2.30. The number of likely N-dealkylation sites (tertiary alicyclic amines) is 1. The molecule has 6 heteroatoms. The van der Waals surface area contributed by atoms with E-state index >= 15 is 0 Å². The number of fused-ring (bicyclic) bond motifs is 4. The Kier molecular flexibility index (Phi) is 2.84. The highest BCUT2D eigenvalue weighted by Crippen LogP contribution is 2.42. The molecule has 0 saturated carbocycles. The molecule has 0 aliphatic carbocycles. The average Bonchev–Trinajstić information content (AvgIpc) is 2.65. The molecule has 20 heavy (non-hydrogen) atoms. The lowest BCUT2D eigenvalue weighted by molar-refractivity contribution is 0.0222. The second-order valence-corrected chi connectivity index (χ2v) is 6.30. The number of carbonyl (C=O) groups is 1. The molecule has 2 atom stereocenters. The van der Waals surface area contributed by atoms with E-state index in [4.69, 9.17) is 9.47 Å². The maximum Gasteiger partial charge on any atom is 0.410 e. The van der Waals surface area contributed by atoms with E-state index in [-0.39, 0.29) is 18.2 Å². The minimum absolute atomic E-state index is 0.00526.